The summed E-state index contributed by atoms with van der Waals surface area (Å²) in [6, 6.07) is 12.4. The predicted molar refractivity (Wildman–Crippen MR) is 116 cm³/mol. The molecule has 1 fully saturated rings. The molecule has 1 amide bonds. The van der Waals surface area contributed by atoms with Crippen LogP contribution in [0.5, 0.6) is 0 Å². The lowest BCUT2D eigenvalue weighted by Gasteiger charge is -2.30. The SMILES string of the molecule is Cc1ccc(S(=O)(=O)N2CCC(C(=O)Nc3cccc(-c4nnco4)c3)CC2)cc1C. The lowest BCUT2D eigenvalue weighted by atomic mass is 9.97. The van der Waals surface area contributed by atoms with Crippen molar-refractivity contribution in [3.63, 3.8) is 0 Å². The molecule has 8 nitrogen and oxygen atoms in total. The van der Waals surface area contributed by atoms with Gasteiger partial charge in [-0.2, -0.15) is 4.31 Å². The number of aryl methyl sites for hydroxylation is 2. The van der Waals surface area contributed by atoms with Crippen LogP contribution >= 0.6 is 0 Å². The molecule has 0 unspecified atom stereocenters. The molecule has 1 saturated heterocycles. The van der Waals surface area contributed by atoms with Crippen LogP contribution in [0.2, 0.25) is 0 Å². The highest BCUT2D eigenvalue weighted by molar-refractivity contribution is 7.89. The second-order valence-electron chi connectivity index (χ2n) is 7.74. The van der Waals surface area contributed by atoms with Crippen molar-refractivity contribution in [3.8, 4) is 11.5 Å². The van der Waals surface area contributed by atoms with Gasteiger partial charge in [0.15, 0.2) is 0 Å². The summed E-state index contributed by atoms with van der Waals surface area (Å²) >= 11 is 0. The second kappa shape index (κ2) is 8.60. The summed E-state index contributed by atoms with van der Waals surface area (Å²) in [6.45, 7) is 4.48. The zero-order chi connectivity index (χ0) is 22.0. The molecule has 4 rings (SSSR count). The zero-order valence-electron chi connectivity index (χ0n) is 17.4. The van der Waals surface area contributed by atoms with E-state index in [2.05, 4.69) is 15.5 Å². The van der Waals surface area contributed by atoms with Crippen LogP contribution in [0.1, 0.15) is 24.0 Å². The molecule has 1 aliphatic heterocycles. The fourth-order valence-corrected chi connectivity index (χ4v) is 5.21. The van der Waals surface area contributed by atoms with Gasteiger partial charge in [-0.05, 0) is 68.1 Å². The lowest BCUT2D eigenvalue weighted by Crippen LogP contribution is -2.41. The van der Waals surface area contributed by atoms with E-state index < -0.39 is 10.0 Å². The first kappa shape index (κ1) is 21.2. The van der Waals surface area contributed by atoms with Crippen LogP contribution in [-0.2, 0) is 14.8 Å². The Morgan fingerprint density at radius 2 is 1.87 bits per heavy atom. The highest BCUT2D eigenvalue weighted by Crippen LogP contribution is 2.27. The lowest BCUT2D eigenvalue weighted by molar-refractivity contribution is -0.120. The van der Waals surface area contributed by atoms with E-state index in [4.69, 9.17) is 4.42 Å². The highest BCUT2D eigenvalue weighted by atomic mass is 32.2. The number of amides is 1. The average molecular weight is 441 g/mol. The topological polar surface area (TPSA) is 105 Å². The van der Waals surface area contributed by atoms with Crippen molar-refractivity contribution >= 4 is 21.6 Å². The number of aromatic nitrogens is 2. The molecule has 0 saturated carbocycles. The van der Waals surface area contributed by atoms with E-state index in [-0.39, 0.29) is 11.8 Å². The van der Waals surface area contributed by atoms with Crippen LogP contribution in [0, 0.1) is 19.8 Å². The Bertz CT molecular complexity index is 1180. The molecular weight excluding hydrogens is 416 g/mol. The van der Waals surface area contributed by atoms with Crippen molar-refractivity contribution in [2.45, 2.75) is 31.6 Å². The third kappa shape index (κ3) is 4.52. The van der Waals surface area contributed by atoms with Crippen LogP contribution in [0.25, 0.3) is 11.5 Å². The molecule has 9 heteroatoms. The van der Waals surface area contributed by atoms with Crippen molar-refractivity contribution < 1.29 is 17.6 Å². The summed E-state index contributed by atoms with van der Waals surface area (Å²) in [6.07, 6.45) is 2.19. The third-order valence-electron chi connectivity index (χ3n) is 5.68. The third-order valence-corrected chi connectivity index (χ3v) is 7.57. The molecule has 0 atom stereocenters. The van der Waals surface area contributed by atoms with Crippen molar-refractivity contribution in [3.05, 3.63) is 60.0 Å². The summed E-state index contributed by atoms with van der Waals surface area (Å²) < 4.78 is 32.6. The number of nitrogens with one attached hydrogen (secondary N) is 1. The summed E-state index contributed by atoms with van der Waals surface area (Å²) in [5, 5.41) is 10.5. The fraction of sp³-hybridized carbons (Fsp3) is 0.318. The Labute approximate surface area is 181 Å². The minimum atomic E-state index is -3.56. The monoisotopic (exact) mass is 440 g/mol. The summed E-state index contributed by atoms with van der Waals surface area (Å²) in [4.78, 5) is 13.0. The van der Waals surface area contributed by atoms with E-state index in [1.165, 1.54) is 10.7 Å². The van der Waals surface area contributed by atoms with Gasteiger partial charge in [0.2, 0.25) is 28.2 Å². The van der Waals surface area contributed by atoms with Gasteiger partial charge < -0.3 is 9.73 Å². The Morgan fingerprint density at radius 3 is 2.55 bits per heavy atom. The molecule has 31 heavy (non-hydrogen) atoms. The first-order valence-electron chi connectivity index (χ1n) is 10.1. The molecule has 162 valence electrons. The normalized spacial score (nSPS) is 15.7. The molecule has 0 spiro atoms. The average Bonchev–Trinajstić information content (AvgIpc) is 3.31. The molecule has 3 aromatic rings. The molecule has 1 N–H and O–H groups in total. The number of rotatable bonds is 5. The second-order valence-corrected chi connectivity index (χ2v) is 9.68. The van der Waals surface area contributed by atoms with E-state index in [9.17, 15) is 13.2 Å². The Kier molecular flexibility index (Phi) is 5.88. The standard InChI is InChI=1S/C22H24N4O4S/c1-15-6-7-20(12-16(15)2)31(28,29)26-10-8-17(9-11-26)21(27)24-19-5-3-4-18(13-19)22-25-23-14-30-22/h3-7,12-14,17H,8-11H2,1-2H3,(H,24,27). The van der Waals surface area contributed by atoms with Crippen LogP contribution in [-0.4, -0.2) is 41.9 Å². The van der Waals surface area contributed by atoms with Gasteiger partial charge in [-0.3, -0.25) is 4.79 Å². The number of hydrogen-bond acceptors (Lipinski definition) is 6. The molecule has 0 radical (unpaired) electrons. The number of benzene rings is 2. The van der Waals surface area contributed by atoms with Gasteiger partial charge in [0.05, 0.1) is 4.90 Å². The number of hydrogen-bond donors (Lipinski definition) is 1. The largest absolute Gasteiger partial charge is 0.423 e. The number of piperidine rings is 1. The molecule has 0 bridgehead atoms. The van der Waals surface area contributed by atoms with E-state index in [0.717, 1.165) is 11.1 Å². The van der Waals surface area contributed by atoms with Gasteiger partial charge in [0, 0.05) is 30.3 Å². The first-order chi connectivity index (χ1) is 14.8. The van der Waals surface area contributed by atoms with Gasteiger partial charge in [0.1, 0.15) is 0 Å². The molecular formula is C22H24N4O4S. The van der Waals surface area contributed by atoms with E-state index in [1.54, 1.807) is 30.3 Å². The first-order valence-corrected chi connectivity index (χ1v) is 11.5. The van der Waals surface area contributed by atoms with Crippen LogP contribution < -0.4 is 5.32 Å². The van der Waals surface area contributed by atoms with Crippen molar-refractivity contribution in [2.24, 2.45) is 5.92 Å². The number of nitrogens with zero attached hydrogens (tertiary/aromatic N) is 3. The highest BCUT2D eigenvalue weighted by Gasteiger charge is 2.32. The van der Waals surface area contributed by atoms with Crippen molar-refractivity contribution in [2.75, 3.05) is 18.4 Å². The molecule has 1 aromatic heterocycles. The Morgan fingerprint density at radius 1 is 1.10 bits per heavy atom. The van der Waals surface area contributed by atoms with Gasteiger partial charge in [-0.1, -0.05) is 12.1 Å². The summed E-state index contributed by atoms with van der Waals surface area (Å²) in [5.74, 6) is 0.00475. The number of anilines is 1. The van der Waals surface area contributed by atoms with Crippen molar-refractivity contribution in [1.29, 1.82) is 0 Å². The van der Waals surface area contributed by atoms with Gasteiger partial charge in [0.25, 0.3) is 0 Å². The maximum Gasteiger partial charge on any atom is 0.247 e. The quantitative estimate of drug-likeness (QED) is 0.652. The maximum atomic E-state index is 13.0. The van der Waals surface area contributed by atoms with E-state index in [0.29, 0.717) is 48.0 Å². The van der Waals surface area contributed by atoms with Gasteiger partial charge in [-0.25, -0.2) is 8.42 Å². The number of sulfonamides is 1. The zero-order valence-corrected chi connectivity index (χ0v) is 18.2. The Balaban J connectivity index is 1.39. The Hall–Kier alpha value is -3.04. The smallest absolute Gasteiger partial charge is 0.247 e. The minimum absolute atomic E-state index is 0.120. The molecule has 0 aliphatic carbocycles. The maximum absolute atomic E-state index is 13.0. The summed E-state index contributed by atoms with van der Waals surface area (Å²) in [7, 11) is -3.56. The van der Waals surface area contributed by atoms with Crippen LogP contribution in [0.3, 0.4) is 0 Å². The molecule has 2 heterocycles. The fourth-order valence-electron chi connectivity index (χ4n) is 3.65. The number of carbonyl (C=O) groups excluding carboxylic acids is 1. The van der Waals surface area contributed by atoms with Gasteiger partial charge in [-0.15, -0.1) is 10.2 Å². The van der Waals surface area contributed by atoms with E-state index in [1.807, 2.05) is 26.0 Å². The van der Waals surface area contributed by atoms with Gasteiger partial charge >= 0.3 is 0 Å². The van der Waals surface area contributed by atoms with Crippen LogP contribution in [0.15, 0.2) is 58.2 Å². The van der Waals surface area contributed by atoms with Crippen molar-refractivity contribution in [1.82, 2.24) is 14.5 Å². The van der Waals surface area contributed by atoms with E-state index >= 15 is 0 Å². The molecule has 2 aromatic carbocycles. The number of carbonyl (C=O) groups is 1. The summed E-state index contributed by atoms with van der Waals surface area (Å²) in [5.41, 5.74) is 3.34. The predicted octanol–water partition coefficient (Wildman–Crippen LogP) is 3.39. The minimum Gasteiger partial charge on any atom is -0.423 e. The molecule has 1 aliphatic rings. The van der Waals surface area contributed by atoms with Crippen LogP contribution in [0.4, 0.5) is 5.69 Å².